The maximum Gasteiger partial charge on any atom is 0.407 e. The van der Waals surface area contributed by atoms with E-state index in [4.69, 9.17) is 4.74 Å². The molecule has 0 aromatic carbocycles. The van der Waals surface area contributed by atoms with Crippen LogP contribution in [0.2, 0.25) is 0 Å². The van der Waals surface area contributed by atoms with Gasteiger partial charge >= 0.3 is 6.09 Å². The fraction of sp³-hybridized carbons (Fsp3) is 0.462. The van der Waals surface area contributed by atoms with Crippen molar-refractivity contribution in [3.63, 3.8) is 0 Å². The normalized spacial score (nSPS) is 21.1. The number of rotatable bonds is 1. The standard InChI is InChI=1S/C13H15N3O3/c17-11(10-2-1-5-14-8-10)16-6-3-13(4-7-16)9-15-12(18)19-13/h1-2,5,8H,3-4,6-7,9H2,(H,15,18). The second-order valence-corrected chi connectivity index (χ2v) is 4.96. The van der Waals surface area contributed by atoms with E-state index >= 15 is 0 Å². The lowest BCUT2D eigenvalue weighted by Gasteiger charge is -2.37. The number of likely N-dealkylation sites (tertiary alicyclic amines) is 1. The Bertz CT molecular complexity index is 495. The van der Waals surface area contributed by atoms with E-state index in [0.29, 0.717) is 38.0 Å². The van der Waals surface area contributed by atoms with Gasteiger partial charge in [0.1, 0.15) is 5.60 Å². The van der Waals surface area contributed by atoms with E-state index in [2.05, 4.69) is 10.3 Å². The van der Waals surface area contributed by atoms with Gasteiger partial charge in [0.05, 0.1) is 12.1 Å². The molecule has 0 saturated carbocycles. The Balaban J connectivity index is 1.64. The molecule has 6 heteroatoms. The summed E-state index contributed by atoms with van der Waals surface area (Å²) in [5.74, 6) is -0.0137. The highest BCUT2D eigenvalue weighted by Crippen LogP contribution is 2.29. The lowest BCUT2D eigenvalue weighted by atomic mass is 9.91. The van der Waals surface area contributed by atoms with Crippen molar-refractivity contribution in [3.8, 4) is 0 Å². The first-order valence-corrected chi connectivity index (χ1v) is 6.35. The number of hydrogen-bond acceptors (Lipinski definition) is 4. The van der Waals surface area contributed by atoms with Crippen LogP contribution in [0, 0.1) is 0 Å². The molecule has 3 heterocycles. The maximum absolute atomic E-state index is 12.2. The van der Waals surface area contributed by atoms with Gasteiger partial charge in [-0.3, -0.25) is 9.78 Å². The van der Waals surface area contributed by atoms with Gasteiger partial charge in [0.15, 0.2) is 0 Å². The summed E-state index contributed by atoms with van der Waals surface area (Å²) in [5, 5.41) is 2.68. The van der Waals surface area contributed by atoms with Crippen LogP contribution in [0.5, 0.6) is 0 Å². The summed E-state index contributed by atoms with van der Waals surface area (Å²) in [6.45, 7) is 1.74. The minimum atomic E-state index is -0.414. The van der Waals surface area contributed by atoms with Crippen molar-refractivity contribution in [2.24, 2.45) is 0 Å². The lowest BCUT2D eigenvalue weighted by molar-refractivity contribution is 0.00330. The van der Waals surface area contributed by atoms with Crippen LogP contribution in [0.4, 0.5) is 4.79 Å². The van der Waals surface area contributed by atoms with Gasteiger partial charge < -0.3 is 15.0 Å². The van der Waals surface area contributed by atoms with Crippen molar-refractivity contribution in [2.75, 3.05) is 19.6 Å². The summed E-state index contributed by atoms with van der Waals surface area (Å²) in [6.07, 6.45) is 4.22. The number of aromatic nitrogens is 1. The molecule has 0 atom stereocenters. The van der Waals surface area contributed by atoms with Gasteiger partial charge in [0.2, 0.25) is 0 Å². The molecule has 0 aliphatic carbocycles. The second kappa shape index (κ2) is 4.53. The first kappa shape index (κ1) is 12.0. The van der Waals surface area contributed by atoms with E-state index in [1.807, 2.05) is 0 Å². The molecule has 0 bridgehead atoms. The van der Waals surface area contributed by atoms with E-state index < -0.39 is 5.60 Å². The van der Waals surface area contributed by atoms with Crippen LogP contribution in [0.3, 0.4) is 0 Å². The highest BCUT2D eigenvalue weighted by Gasteiger charge is 2.43. The molecule has 2 saturated heterocycles. The van der Waals surface area contributed by atoms with Crippen molar-refractivity contribution in [1.29, 1.82) is 0 Å². The zero-order valence-corrected chi connectivity index (χ0v) is 10.5. The Kier molecular flexibility index (Phi) is 2.85. The number of alkyl carbamates (subject to hydrolysis) is 1. The Labute approximate surface area is 110 Å². The van der Waals surface area contributed by atoms with Crippen LogP contribution < -0.4 is 5.32 Å². The zero-order valence-electron chi connectivity index (χ0n) is 10.5. The summed E-state index contributed by atoms with van der Waals surface area (Å²) >= 11 is 0. The number of pyridine rings is 1. The third-order valence-corrected chi connectivity index (χ3v) is 3.73. The number of carbonyl (C=O) groups excluding carboxylic acids is 2. The van der Waals surface area contributed by atoms with Gasteiger partial charge in [-0.1, -0.05) is 0 Å². The molecular formula is C13H15N3O3. The molecule has 1 aromatic rings. The molecule has 1 spiro atoms. The molecule has 1 aromatic heterocycles. The first-order chi connectivity index (χ1) is 9.19. The first-order valence-electron chi connectivity index (χ1n) is 6.35. The van der Waals surface area contributed by atoms with Crippen LogP contribution in [0.1, 0.15) is 23.2 Å². The van der Waals surface area contributed by atoms with E-state index in [0.717, 1.165) is 0 Å². The molecule has 2 amide bonds. The van der Waals surface area contributed by atoms with Crippen LogP contribution in [0.15, 0.2) is 24.5 Å². The maximum atomic E-state index is 12.2. The van der Waals surface area contributed by atoms with Gasteiger partial charge in [0, 0.05) is 38.3 Å². The predicted molar refractivity (Wildman–Crippen MR) is 66.6 cm³/mol. The van der Waals surface area contributed by atoms with Gasteiger partial charge in [-0.05, 0) is 12.1 Å². The van der Waals surface area contributed by atoms with E-state index in [9.17, 15) is 9.59 Å². The van der Waals surface area contributed by atoms with Crippen molar-refractivity contribution in [3.05, 3.63) is 30.1 Å². The molecule has 6 nitrogen and oxygen atoms in total. The summed E-state index contributed by atoms with van der Waals surface area (Å²) in [5.41, 5.74) is 0.183. The second-order valence-electron chi connectivity index (χ2n) is 4.96. The molecule has 2 fully saturated rings. The largest absolute Gasteiger partial charge is 0.441 e. The fourth-order valence-electron chi connectivity index (χ4n) is 2.57. The quantitative estimate of drug-likeness (QED) is 0.811. The minimum absolute atomic E-state index is 0.0137. The van der Waals surface area contributed by atoms with Crippen molar-refractivity contribution in [2.45, 2.75) is 18.4 Å². The van der Waals surface area contributed by atoms with Crippen LogP contribution >= 0.6 is 0 Å². The fourth-order valence-corrected chi connectivity index (χ4v) is 2.57. The van der Waals surface area contributed by atoms with E-state index in [-0.39, 0.29) is 12.0 Å². The van der Waals surface area contributed by atoms with E-state index in [1.54, 1.807) is 29.4 Å². The molecule has 0 unspecified atom stereocenters. The number of hydrogen-bond donors (Lipinski definition) is 1. The zero-order chi connectivity index (χ0) is 13.3. The summed E-state index contributed by atoms with van der Waals surface area (Å²) in [7, 11) is 0. The van der Waals surface area contributed by atoms with Crippen molar-refractivity contribution < 1.29 is 14.3 Å². The Morgan fingerprint density at radius 1 is 1.42 bits per heavy atom. The smallest absolute Gasteiger partial charge is 0.407 e. The summed E-state index contributed by atoms with van der Waals surface area (Å²) in [4.78, 5) is 29.1. The average Bonchev–Trinajstić information content (AvgIpc) is 2.81. The molecule has 1 N–H and O–H groups in total. The average molecular weight is 261 g/mol. The highest BCUT2D eigenvalue weighted by atomic mass is 16.6. The summed E-state index contributed by atoms with van der Waals surface area (Å²) in [6, 6.07) is 3.51. The molecule has 3 rings (SSSR count). The van der Waals surface area contributed by atoms with Crippen molar-refractivity contribution in [1.82, 2.24) is 15.2 Å². The minimum Gasteiger partial charge on any atom is -0.441 e. The van der Waals surface area contributed by atoms with Crippen LogP contribution in [0.25, 0.3) is 0 Å². The van der Waals surface area contributed by atoms with Crippen molar-refractivity contribution >= 4 is 12.0 Å². The molecule has 19 heavy (non-hydrogen) atoms. The summed E-state index contributed by atoms with van der Waals surface area (Å²) < 4.78 is 5.32. The third kappa shape index (κ3) is 2.25. The van der Waals surface area contributed by atoms with E-state index in [1.165, 1.54) is 0 Å². The Morgan fingerprint density at radius 3 is 2.79 bits per heavy atom. The predicted octanol–water partition coefficient (Wildman–Crippen LogP) is 0.796. The molecule has 0 radical (unpaired) electrons. The number of piperidine rings is 1. The monoisotopic (exact) mass is 261 g/mol. The van der Waals surface area contributed by atoms with Gasteiger partial charge in [-0.15, -0.1) is 0 Å². The van der Waals surface area contributed by atoms with Gasteiger partial charge in [-0.25, -0.2) is 4.79 Å². The highest BCUT2D eigenvalue weighted by molar-refractivity contribution is 5.93. The molecule has 2 aliphatic rings. The Morgan fingerprint density at radius 2 is 2.21 bits per heavy atom. The van der Waals surface area contributed by atoms with Gasteiger partial charge in [0.25, 0.3) is 5.91 Å². The number of amides is 2. The Hall–Kier alpha value is -2.11. The number of nitrogens with one attached hydrogen (secondary N) is 1. The molecular weight excluding hydrogens is 246 g/mol. The third-order valence-electron chi connectivity index (χ3n) is 3.73. The van der Waals surface area contributed by atoms with Gasteiger partial charge in [-0.2, -0.15) is 0 Å². The number of carbonyl (C=O) groups is 2. The molecule has 2 aliphatic heterocycles. The van der Waals surface area contributed by atoms with Crippen LogP contribution in [-0.4, -0.2) is 47.1 Å². The lowest BCUT2D eigenvalue weighted by Crippen LogP contribution is -2.48. The molecule has 100 valence electrons. The van der Waals surface area contributed by atoms with Crippen LogP contribution in [-0.2, 0) is 4.74 Å². The number of ether oxygens (including phenoxy) is 1. The SMILES string of the molecule is O=C1NCC2(CCN(C(=O)c3cccnc3)CC2)O1. The topological polar surface area (TPSA) is 71.5 Å². The number of nitrogens with zero attached hydrogens (tertiary/aromatic N) is 2.